The number of halogens is 4. The van der Waals surface area contributed by atoms with Crippen molar-refractivity contribution in [2.45, 2.75) is 26.1 Å². The zero-order valence-corrected chi connectivity index (χ0v) is 13.9. The number of rotatable bonds is 4. The van der Waals surface area contributed by atoms with Crippen LogP contribution in [0.1, 0.15) is 31.3 Å². The summed E-state index contributed by atoms with van der Waals surface area (Å²) in [5.41, 5.74) is -2.16. The Morgan fingerprint density at radius 3 is 2.48 bits per heavy atom. The smallest absolute Gasteiger partial charge is 0.336 e. The van der Waals surface area contributed by atoms with Crippen molar-refractivity contribution in [2.75, 3.05) is 5.32 Å². The second-order valence-electron chi connectivity index (χ2n) is 5.88. The van der Waals surface area contributed by atoms with E-state index in [1.807, 2.05) is 19.2 Å². The maximum absolute atomic E-state index is 13.8. The van der Waals surface area contributed by atoms with E-state index >= 15 is 0 Å². The van der Waals surface area contributed by atoms with Gasteiger partial charge < -0.3 is 15.2 Å². The van der Waals surface area contributed by atoms with Crippen molar-refractivity contribution in [3.05, 3.63) is 47.8 Å². The molecule has 1 aromatic carbocycles. The molecule has 0 radical (unpaired) electrons. The molecule has 9 heteroatoms. The van der Waals surface area contributed by atoms with Crippen LogP contribution in [0.25, 0.3) is 0 Å². The Morgan fingerprint density at radius 2 is 1.96 bits per heavy atom. The first kappa shape index (κ1) is 18.8. The maximum atomic E-state index is 13.8. The van der Waals surface area contributed by atoms with Crippen molar-refractivity contribution in [3.63, 3.8) is 0 Å². The lowest BCUT2D eigenvalue weighted by Gasteiger charge is -2.23. The molecule has 1 heterocycles. The van der Waals surface area contributed by atoms with Gasteiger partial charge in [0.1, 0.15) is 11.6 Å². The van der Waals surface area contributed by atoms with Crippen LogP contribution in [-0.2, 0) is 13.2 Å². The summed E-state index contributed by atoms with van der Waals surface area (Å²) in [7, 11) is 1.73. The van der Waals surface area contributed by atoms with E-state index in [-0.39, 0.29) is 5.92 Å². The minimum Gasteiger partial charge on any atom is -0.336 e. The standard InChI is InChI=1S/C16H18F4N4O/c1-9(2)12(14-21-7-8-24(14)3)22-15(25)23-13-10(16(18,19)20)5-4-6-11(13)17/h4-9,12H,1-3H3,(H2,22,23,25)/t12-/m1/s1. The first-order valence-electron chi connectivity index (χ1n) is 7.51. The van der Waals surface area contributed by atoms with Crippen LogP contribution in [0, 0.1) is 11.7 Å². The average Bonchev–Trinajstić information content (AvgIpc) is 2.91. The van der Waals surface area contributed by atoms with Crippen LogP contribution in [0.2, 0.25) is 0 Å². The Labute approximate surface area is 142 Å². The van der Waals surface area contributed by atoms with Crippen molar-refractivity contribution < 1.29 is 22.4 Å². The summed E-state index contributed by atoms with van der Waals surface area (Å²) in [6.45, 7) is 3.65. The van der Waals surface area contributed by atoms with Crippen LogP contribution in [0.3, 0.4) is 0 Å². The lowest BCUT2D eigenvalue weighted by Crippen LogP contribution is -2.37. The molecule has 2 rings (SSSR count). The van der Waals surface area contributed by atoms with Gasteiger partial charge in [-0.25, -0.2) is 14.2 Å². The predicted octanol–water partition coefficient (Wildman–Crippen LogP) is 4.10. The Bertz CT molecular complexity index is 755. The molecule has 0 saturated carbocycles. The number of aromatic nitrogens is 2. The van der Waals surface area contributed by atoms with Crippen molar-refractivity contribution in [1.82, 2.24) is 14.9 Å². The van der Waals surface area contributed by atoms with Gasteiger partial charge in [-0.3, -0.25) is 0 Å². The molecule has 2 amide bonds. The van der Waals surface area contributed by atoms with Crippen LogP contribution < -0.4 is 10.6 Å². The lowest BCUT2D eigenvalue weighted by atomic mass is 10.0. The summed E-state index contributed by atoms with van der Waals surface area (Å²) in [6.07, 6.45) is -1.56. The van der Waals surface area contributed by atoms with Gasteiger partial charge in [-0.15, -0.1) is 0 Å². The number of amides is 2. The molecular weight excluding hydrogens is 340 g/mol. The fourth-order valence-electron chi connectivity index (χ4n) is 2.38. The monoisotopic (exact) mass is 358 g/mol. The highest BCUT2D eigenvalue weighted by atomic mass is 19.4. The number of imidazole rings is 1. The van der Waals surface area contributed by atoms with Crippen LogP contribution in [0.4, 0.5) is 28.0 Å². The summed E-state index contributed by atoms with van der Waals surface area (Å²) in [5, 5.41) is 4.52. The van der Waals surface area contributed by atoms with Gasteiger partial charge in [-0.05, 0) is 18.1 Å². The zero-order chi connectivity index (χ0) is 18.8. The number of hydrogen-bond donors (Lipinski definition) is 2. The molecular formula is C16H18F4N4O. The minimum absolute atomic E-state index is 0.0884. The summed E-state index contributed by atoms with van der Waals surface area (Å²) in [5.74, 6) is -0.715. The van der Waals surface area contributed by atoms with Crippen LogP contribution in [0.5, 0.6) is 0 Å². The number of nitrogens with zero attached hydrogens (tertiary/aromatic N) is 2. The second-order valence-corrected chi connectivity index (χ2v) is 5.88. The van der Waals surface area contributed by atoms with E-state index in [1.165, 1.54) is 0 Å². The third-order valence-electron chi connectivity index (χ3n) is 3.65. The van der Waals surface area contributed by atoms with Crippen LogP contribution in [-0.4, -0.2) is 15.6 Å². The van der Waals surface area contributed by atoms with E-state index in [4.69, 9.17) is 0 Å². The van der Waals surface area contributed by atoms with E-state index in [9.17, 15) is 22.4 Å². The normalized spacial score (nSPS) is 13.0. The molecule has 1 aromatic heterocycles. The summed E-state index contributed by atoms with van der Waals surface area (Å²) in [6, 6.07) is 0.992. The van der Waals surface area contributed by atoms with E-state index in [2.05, 4.69) is 10.3 Å². The first-order chi connectivity index (χ1) is 11.6. The zero-order valence-electron chi connectivity index (χ0n) is 13.9. The van der Waals surface area contributed by atoms with Gasteiger partial charge in [0, 0.05) is 19.4 Å². The van der Waals surface area contributed by atoms with Gasteiger partial charge in [0.2, 0.25) is 0 Å². The topological polar surface area (TPSA) is 59.0 Å². The predicted molar refractivity (Wildman–Crippen MR) is 84.3 cm³/mol. The van der Waals surface area contributed by atoms with E-state index in [0.29, 0.717) is 11.9 Å². The van der Waals surface area contributed by atoms with Crippen molar-refractivity contribution in [1.29, 1.82) is 0 Å². The Morgan fingerprint density at radius 1 is 1.28 bits per heavy atom. The minimum atomic E-state index is -4.79. The molecule has 0 saturated heterocycles. The van der Waals surface area contributed by atoms with Crippen molar-refractivity contribution in [3.8, 4) is 0 Å². The molecule has 0 fully saturated rings. The highest BCUT2D eigenvalue weighted by Crippen LogP contribution is 2.36. The highest BCUT2D eigenvalue weighted by molar-refractivity contribution is 5.90. The summed E-state index contributed by atoms with van der Waals surface area (Å²) >= 11 is 0. The highest BCUT2D eigenvalue weighted by Gasteiger charge is 2.35. The second kappa shape index (κ2) is 7.12. The quantitative estimate of drug-likeness (QED) is 0.809. The molecule has 0 aliphatic rings. The number of nitrogens with one attached hydrogen (secondary N) is 2. The molecule has 2 N–H and O–H groups in total. The van der Waals surface area contributed by atoms with Gasteiger partial charge in [0.25, 0.3) is 0 Å². The van der Waals surface area contributed by atoms with Crippen molar-refractivity contribution >= 4 is 11.7 Å². The number of alkyl halides is 3. The number of hydrogen-bond acceptors (Lipinski definition) is 2. The van der Waals surface area contributed by atoms with Gasteiger partial charge in [0.15, 0.2) is 0 Å². The largest absolute Gasteiger partial charge is 0.418 e. The third-order valence-corrected chi connectivity index (χ3v) is 3.65. The average molecular weight is 358 g/mol. The SMILES string of the molecule is CC(C)[C@@H](NC(=O)Nc1c(F)cccc1C(F)(F)F)c1nccn1C. The number of benzene rings is 1. The van der Waals surface area contributed by atoms with Gasteiger partial charge in [0.05, 0.1) is 17.3 Å². The van der Waals surface area contributed by atoms with Crippen LogP contribution >= 0.6 is 0 Å². The molecule has 136 valence electrons. The number of aryl methyl sites for hydroxylation is 1. The molecule has 5 nitrogen and oxygen atoms in total. The number of carbonyl (C=O) groups excluding carboxylic acids is 1. The molecule has 0 aliphatic heterocycles. The van der Waals surface area contributed by atoms with Crippen LogP contribution in [0.15, 0.2) is 30.6 Å². The van der Waals surface area contributed by atoms with Gasteiger partial charge in [-0.2, -0.15) is 13.2 Å². The Balaban J connectivity index is 2.24. The van der Waals surface area contributed by atoms with E-state index in [0.717, 1.165) is 12.1 Å². The molecule has 0 bridgehead atoms. The Hall–Kier alpha value is -2.58. The van der Waals surface area contributed by atoms with Gasteiger partial charge in [-0.1, -0.05) is 19.9 Å². The van der Waals surface area contributed by atoms with E-state index < -0.39 is 35.3 Å². The molecule has 0 unspecified atom stereocenters. The number of urea groups is 1. The number of anilines is 1. The molecule has 25 heavy (non-hydrogen) atoms. The van der Waals surface area contributed by atoms with Crippen molar-refractivity contribution in [2.24, 2.45) is 13.0 Å². The lowest BCUT2D eigenvalue weighted by molar-refractivity contribution is -0.137. The fourth-order valence-corrected chi connectivity index (χ4v) is 2.38. The molecule has 0 aliphatic carbocycles. The summed E-state index contributed by atoms with van der Waals surface area (Å²) in [4.78, 5) is 16.3. The molecule has 0 spiro atoms. The number of para-hydroxylation sites is 1. The third kappa shape index (κ3) is 4.28. The van der Waals surface area contributed by atoms with E-state index in [1.54, 1.807) is 24.0 Å². The molecule has 1 atom stereocenters. The first-order valence-corrected chi connectivity index (χ1v) is 7.51. The maximum Gasteiger partial charge on any atom is 0.418 e. The van der Waals surface area contributed by atoms with Gasteiger partial charge >= 0.3 is 12.2 Å². The summed E-state index contributed by atoms with van der Waals surface area (Å²) < 4.78 is 54.5. The number of carbonyl (C=O) groups is 1. The molecule has 2 aromatic rings. The fraction of sp³-hybridized carbons (Fsp3) is 0.375. The Kier molecular flexibility index (Phi) is 5.34.